The van der Waals surface area contributed by atoms with Crippen molar-refractivity contribution in [3.05, 3.63) is 40.9 Å². The van der Waals surface area contributed by atoms with E-state index < -0.39 is 0 Å². The molecular formula is C15H15BrN2. The van der Waals surface area contributed by atoms with Crippen LogP contribution in [0.4, 0.5) is 5.69 Å². The van der Waals surface area contributed by atoms with E-state index in [0.717, 1.165) is 29.5 Å². The maximum Gasteiger partial charge on any atom is 0.0621 e. The van der Waals surface area contributed by atoms with Gasteiger partial charge >= 0.3 is 0 Å². The number of hydrogen-bond donors (Lipinski definition) is 1. The zero-order chi connectivity index (χ0) is 12.8. The molecule has 0 fully saturated rings. The zero-order valence-corrected chi connectivity index (χ0v) is 11.7. The van der Waals surface area contributed by atoms with E-state index in [1.54, 1.807) is 0 Å². The Morgan fingerprint density at radius 2 is 1.83 bits per heavy atom. The van der Waals surface area contributed by atoms with Gasteiger partial charge in [0.2, 0.25) is 0 Å². The third kappa shape index (κ3) is 3.02. The van der Waals surface area contributed by atoms with Crippen molar-refractivity contribution < 1.29 is 0 Å². The van der Waals surface area contributed by atoms with Crippen LogP contribution in [0.3, 0.4) is 0 Å². The van der Waals surface area contributed by atoms with E-state index in [0.29, 0.717) is 6.42 Å². The molecule has 0 spiro atoms. The van der Waals surface area contributed by atoms with Crippen molar-refractivity contribution in [3.8, 4) is 6.07 Å². The van der Waals surface area contributed by atoms with Gasteiger partial charge in [-0.2, -0.15) is 5.26 Å². The minimum Gasteiger partial charge on any atom is -0.385 e. The minimum atomic E-state index is 0.642. The molecule has 2 rings (SSSR count). The standard InChI is InChI=1S/C15H15BrN2/c16-14-8-9-15(18-11-5-1-4-10-17)13-7-3-2-6-12(13)14/h2-3,6-9,18H,1,4-5,11H2. The number of halogens is 1. The van der Waals surface area contributed by atoms with Gasteiger partial charge in [0.25, 0.3) is 0 Å². The molecule has 0 aliphatic rings. The summed E-state index contributed by atoms with van der Waals surface area (Å²) in [6.07, 6.45) is 2.62. The molecule has 92 valence electrons. The number of nitrogens with one attached hydrogen (secondary N) is 1. The first kappa shape index (κ1) is 12.9. The average Bonchev–Trinajstić information content (AvgIpc) is 2.41. The van der Waals surface area contributed by atoms with Crippen molar-refractivity contribution >= 4 is 32.4 Å². The van der Waals surface area contributed by atoms with Crippen LogP contribution in [0, 0.1) is 11.3 Å². The number of nitriles is 1. The highest BCUT2D eigenvalue weighted by Gasteiger charge is 2.02. The number of benzene rings is 2. The summed E-state index contributed by atoms with van der Waals surface area (Å²) in [5.41, 5.74) is 1.16. The molecule has 0 unspecified atom stereocenters. The summed E-state index contributed by atoms with van der Waals surface area (Å²) in [5, 5.41) is 14.4. The van der Waals surface area contributed by atoms with Gasteiger partial charge in [-0.25, -0.2) is 0 Å². The molecule has 2 aromatic rings. The van der Waals surface area contributed by atoms with Gasteiger partial charge < -0.3 is 5.32 Å². The van der Waals surface area contributed by atoms with Crippen molar-refractivity contribution in [1.29, 1.82) is 5.26 Å². The second-order valence-electron chi connectivity index (χ2n) is 4.18. The molecule has 0 saturated heterocycles. The van der Waals surface area contributed by atoms with Gasteiger partial charge in [0.05, 0.1) is 6.07 Å². The number of hydrogen-bond acceptors (Lipinski definition) is 2. The van der Waals surface area contributed by atoms with E-state index in [1.165, 1.54) is 10.8 Å². The van der Waals surface area contributed by atoms with Crippen LogP contribution in [0.2, 0.25) is 0 Å². The number of rotatable bonds is 5. The van der Waals surface area contributed by atoms with Gasteiger partial charge in [-0.3, -0.25) is 0 Å². The molecule has 3 heteroatoms. The second kappa shape index (κ2) is 6.42. The number of fused-ring (bicyclic) bond motifs is 1. The summed E-state index contributed by atoms with van der Waals surface area (Å²) in [7, 11) is 0. The van der Waals surface area contributed by atoms with Crippen LogP contribution in [0.1, 0.15) is 19.3 Å². The molecule has 0 radical (unpaired) electrons. The smallest absolute Gasteiger partial charge is 0.0621 e. The fraction of sp³-hybridized carbons (Fsp3) is 0.267. The predicted molar refractivity (Wildman–Crippen MR) is 79.6 cm³/mol. The molecule has 0 aliphatic heterocycles. The van der Waals surface area contributed by atoms with Crippen LogP contribution in [0.15, 0.2) is 40.9 Å². The van der Waals surface area contributed by atoms with Gasteiger partial charge in [0, 0.05) is 28.5 Å². The Morgan fingerprint density at radius 1 is 1.06 bits per heavy atom. The van der Waals surface area contributed by atoms with Crippen molar-refractivity contribution in [2.24, 2.45) is 0 Å². The van der Waals surface area contributed by atoms with E-state index in [4.69, 9.17) is 5.26 Å². The average molecular weight is 303 g/mol. The Morgan fingerprint density at radius 3 is 2.61 bits per heavy atom. The Kier molecular flexibility index (Phi) is 4.60. The lowest BCUT2D eigenvalue weighted by molar-refractivity contribution is 0.785. The Labute approximate surface area is 116 Å². The minimum absolute atomic E-state index is 0.642. The van der Waals surface area contributed by atoms with Crippen LogP contribution in [-0.2, 0) is 0 Å². The summed E-state index contributed by atoms with van der Waals surface area (Å²) in [6.45, 7) is 0.910. The van der Waals surface area contributed by atoms with E-state index in [1.807, 2.05) is 6.07 Å². The Bertz CT molecular complexity index is 572. The molecule has 0 heterocycles. The molecule has 1 N–H and O–H groups in total. The second-order valence-corrected chi connectivity index (χ2v) is 5.04. The monoisotopic (exact) mass is 302 g/mol. The SMILES string of the molecule is N#CCCCCNc1ccc(Br)c2ccccc12. The molecule has 0 aliphatic carbocycles. The molecule has 2 aromatic carbocycles. The lowest BCUT2D eigenvalue weighted by Crippen LogP contribution is -2.01. The maximum absolute atomic E-state index is 8.48. The van der Waals surface area contributed by atoms with Crippen LogP contribution in [-0.4, -0.2) is 6.54 Å². The first-order valence-electron chi connectivity index (χ1n) is 6.11. The van der Waals surface area contributed by atoms with E-state index in [9.17, 15) is 0 Å². The van der Waals surface area contributed by atoms with Crippen LogP contribution in [0.25, 0.3) is 10.8 Å². The fourth-order valence-corrected chi connectivity index (χ4v) is 2.45. The summed E-state index contributed by atoms with van der Waals surface area (Å²) in [5.74, 6) is 0. The molecule has 2 nitrogen and oxygen atoms in total. The largest absolute Gasteiger partial charge is 0.385 e. The first-order valence-corrected chi connectivity index (χ1v) is 6.90. The van der Waals surface area contributed by atoms with Gasteiger partial charge in [0.1, 0.15) is 0 Å². The van der Waals surface area contributed by atoms with Gasteiger partial charge in [-0.15, -0.1) is 0 Å². The normalized spacial score (nSPS) is 10.2. The number of anilines is 1. The highest BCUT2D eigenvalue weighted by Crippen LogP contribution is 2.29. The first-order chi connectivity index (χ1) is 8.83. The van der Waals surface area contributed by atoms with E-state index in [-0.39, 0.29) is 0 Å². The van der Waals surface area contributed by atoms with Crippen molar-refractivity contribution in [1.82, 2.24) is 0 Å². The van der Waals surface area contributed by atoms with Crippen LogP contribution in [0.5, 0.6) is 0 Å². The van der Waals surface area contributed by atoms with E-state index >= 15 is 0 Å². The summed E-state index contributed by atoms with van der Waals surface area (Å²) < 4.78 is 1.12. The number of nitrogens with zero attached hydrogens (tertiary/aromatic N) is 1. The molecule has 0 saturated carbocycles. The lowest BCUT2D eigenvalue weighted by Gasteiger charge is -2.10. The van der Waals surface area contributed by atoms with Gasteiger partial charge in [-0.1, -0.05) is 40.2 Å². The van der Waals surface area contributed by atoms with Crippen molar-refractivity contribution in [2.45, 2.75) is 19.3 Å². The third-order valence-electron chi connectivity index (χ3n) is 2.90. The van der Waals surface area contributed by atoms with Gasteiger partial charge in [0.15, 0.2) is 0 Å². The van der Waals surface area contributed by atoms with Crippen LogP contribution < -0.4 is 5.32 Å². The molecule has 0 amide bonds. The molecule has 0 bridgehead atoms. The highest BCUT2D eigenvalue weighted by atomic mass is 79.9. The van der Waals surface area contributed by atoms with Crippen molar-refractivity contribution in [2.75, 3.05) is 11.9 Å². The predicted octanol–water partition coefficient (Wildman–Crippen LogP) is 4.71. The zero-order valence-electron chi connectivity index (χ0n) is 10.1. The maximum atomic E-state index is 8.48. The molecule has 18 heavy (non-hydrogen) atoms. The molecule has 0 atom stereocenters. The van der Waals surface area contributed by atoms with E-state index in [2.05, 4.69) is 57.6 Å². The van der Waals surface area contributed by atoms with Crippen molar-refractivity contribution in [3.63, 3.8) is 0 Å². The Hall–Kier alpha value is -1.53. The summed E-state index contributed by atoms with van der Waals surface area (Å²) in [6, 6.07) is 14.7. The summed E-state index contributed by atoms with van der Waals surface area (Å²) in [4.78, 5) is 0. The fourth-order valence-electron chi connectivity index (χ4n) is 1.97. The third-order valence-corrected chi connectivity index (χ3v) is 3.59. The van der Waals surface area contributed by atoms with Gasteiger partial charge in [-0.05, 0) is 30.4 Å². The highest BCUT2D eigenvalue weighted by molar-refractivity contribution is 9.10. The molecule has 0 aromatic heterocycles. The topological polar surface area (TPSA) is 35.8 Å². The number of unbranched alkanes of at least 4 members (excludes halogenated alkanes) is 2. The van der Waals surface area contributed by atoms with Crippen LogP contribution >= 0.6 is 15.9 Å². The summed E-state index contributed by atoms with van der Waals surface area (Å²) >= 11 is 3.57. The molecular weight excluding hydrogens is 288 g/mol. The lowest BCUT2D eigenvalue weighted by atomic mass is 10.1. The Balaban J connectivity index is 2.09. The quantitative estimate of drug-likeness (QED) is 0.812.